The Labute approximate surface area is 193 Å². The zero-order chi connectivity index (χ0) is 23.8. The molecule has 2 heterocycles. The van der Waals surface area contributed by atoms with Crippen LogP contribution in [0.5, 0.6) is 0 Å². The second-order valence-corrected chi connectivity index (χ2v) is 9.43. The molecule has 1 aliphatic rings. The predicted octanol–water partition coefficient (Wildman–Crippen LogP) is 0.0402. The highest BCUT2D eigenvalue weighted by molar-refractivity contribution is 7.89. The number of nitrogens with zero attached hydrogens (tertiary/aromatic N) is 4. The third-order valence-electron chi connectivity index (χ3n) is 5.14. The zero-order valence-corrected chi connectivity index (χ0v) is 19.5. The average molecular weight is 476 g/mol. The van der Waals surface area contributed by atoms with Crippen LogP contribution in [0.2, 0.25) is 0 Å². The van der Waals surface area contributed by atoms with Crippen LogP contribution in [0.1, 0.15) is 13.8 Å². The van der Waals surface area contributed by atoms with Crippen LogP contribution in [0.3, 0.4) is 0 Å². The average Bonchev–Trinajstić information content (AvgIpc) is 2.79. The van der Waals surface area contributed by atoms with Gasteiger partial charge in [-0.05, 0) is 37.3 Å². The van der Waals surface area contributed by atoms with Crippen LogP contribution in [0.15, 0.2) is 47.6 Å². The summed E-state index contributed by atoms with van der Waals surface area (Å²) in [7, 11) is -3.88. The van der Waals surface area contributed by atoms with Gasteiger partial charge in [-0.1, -0.05) is 0 Å². The summed E-state index contributed by atoms with van der Waals surface area (Å²) in [6.45, 7) is 7.19. The molecule has 1 aliphatic heterocycles. The van der Waals surface area contributed by atoms with Gasteiger partial charge in [0.2, 0.25) is 27.8 Å². The number of carbonyl (C=O) groups excluding carboxylic acids is 2. The molecule has 12 heteroatoms. The quantitative estimate of drug-likeness (QED) is 0.462. The molecule has 0 radical (unpaired) electrons. The normalized spacial score (nSPS) is 15.6. The van der Waals surface area contributed by atoms with Crippen molar-refractivity contribution < 1.29 is 18.0 Å². The lowest BCUT2D eigenvalue weighted by molar-refractivity contribution is -0.122. The van der Waals surface area contributed by atoms with E-state index in [-0.39, 0.29) is 10.8 Å². The van der Waals surface area contributed by atoms with Crippen molar-refractivity contribution in [3.63, 3.8) is 0 Å². The van der Waals surface area contributed by atoms with Crippen LogP contribution < -0.4 is 20.3 Å². The van der Waals surface area contributed by atoms with Crippen LogP contribution in [0.4, 0.5) is 11.6 Å². The van der Waals surface area contributed by atoms with Crippen molar-refractivity contribution >= 4 is 33.5 Å². The predicted molar refractivity (Wildman–Crippen MR) is 124 cm³/mol. The maximum atomic E-state index is 12.5. The lowest BCUT2D eigenvalue weighted by Gasteiger charge is -2.34. The molecule has 2 amide bonds. The molecule has 11 nitrogen and oxygen atoms in total. The number of sulfonamides is 1. The van der Waals surface area contributed by atoms with Crippen molar-refractivity contribution in [1.29, 1.82) is 0 Å². The van der Waals surface area contributed by atoms with E-state index in [0.29, 0.717) is 18.8 Å². The summed E-state index contributed by atoms with van der Waals surface area (Å²) >= 11 is 0. The second kappa shape index (κ2) is 11.2. The maximum Gasteiger partial charge on any atom is 0.241 e. The highest BCUT2D eigenvalue weighted by atomic mass is 32.2. The van der Waals surface area contributed by atoms with Crippen LogP contribution in [-0.4, -0.2) is 80.4 Å². The van der Waals surface area contributed by atoms with E-state index in [1.165, 1.54) is 38.1 Å². The third-order valence-corrected chi connectivity index (χ3v) is 6.70. The van der Waals surface area contributed by atoms with Crippen LogP contribution in [0, 0.1) is 0 Å². The molecule has 0 bridgehead atoms. The van der Waals surface area contributed by atoms with E-state index < -0.39 is 22.0 Å². The molecule has 0 aliphatic carbocycles. The minimum atomic E-state index is -3.88. The fraction of sp³-hybridized carbons (Fsp3) is 0.429. The van der Waals surface area contributed by atoms with E-state index in [9.17, 15) is 18.0 Å². The summed E-state index contributed by atoms with van der Waals surface area (Å²) in [6, 6.07) is 6.58. The molecule has 1 aromatic heterocycles. The number of aromatic nitrogens is 2. The molecule has 1 saturated heterocycles. The SMILES string of the molecule is CC(=O)Nc1ccc(S(=O)(=O)N[C@@H](C)C(=O)NCCN2CCN(c3ncccn3)CC2)cc1. The number of hydrogen-bond acceptors (Lipinski definition) is 8. The number of nitrogens with one attached hydrogen (secondary N) is 3. The monoisotopic (exact) mass is 475 g/mol. The summed E-state index contributed by atoms with van der Waals surface area (Å²) in [5.41, 5.74) is 0.490. The Bertz CT molecular complexity index is 1040. The summed E-state index contributed by atoms with van der Waals surface area (Å²) < 4.78 is 27.5. The first kappa shape index (κ1) is 24.6. The number of rotatable bonds is 9. The van der Waals surface area contributed by atoms with Crippen molar-refractivity contribution in [1.82, 2.24) is 24.9 Å². The first-order chi connectivity index (χ1) is 15.7. The van der Waals surface area contributed by atoms with Gasteiger partial charge in [-0.3, -0.25) is 14.5 Å². The standard InChI is InChI=1S/C21H29N7O4S/c1-16(26-33(31,32)19-6-4-18(5-7-19)25-17(2)29)20(30)22-10-11-27-12-14-28(15-13-27)21-23-8-3-9-24-21/h3-9,16,26H,10-15H2,1-2H3,(H,22,30)(H,25,29)/t16-/m0/s1. The van der Waals surface area contributed by atoms with E-state index in [2.05, 4.69) is 35.1 Å². The van der Waals surface area contributed by atoms with E-state index in [1.54, 1.807) is 18.5 Å². The Balaban J connectivity index is 1.41. The molecule has 0 saturated carbocycles. The molecule has 178 valence electrons. The number of benzene rings is 1. The molecule has 1 aromatic carbocycles. The lowest BCUT2D eigenvalue weighted by Crippen LogP contribution is -2.50. The number of piperazine rings is 1. The van der Waals surface area contributed by atoms with E-state index >= 15 is 0 Å². The van der Waals surface area contributed by atoms with Crippen molar-refractivity contribution in [2.75, 3.05) is 49.5 Å². The van der Waals surface area contributed by atoms with Gasteiger partial charge < -0.3 is 15.5 Å². The highest BCUT2D eigenvalue weighted by Gasteiger charge is 2.23. The van der Waals surface area contributed by atoms with Crippen LogP contribution >= 0.6 is 0 Å². The number of carbonyl (C=O) groups is 2. The van der Waals surface area contributed by atoms with Gasteiger partial charge >= 0.3 is 0 Å². The van der Waals surface area contributed by atoms with Gasteiger partial charge in [0.15, 0.2) is 0 Å². The molecular weight excluding hydrogens is 446 g/mol. The van der Waals surface area contributed by atoms with Gasteiger partial charge in [-0.25, -0.2) is 18.4 Å². The van der Waals surface area contributed by atoms with Gasteiger partial charge in [0.05, 0.1) is 10.9 Å². The van der Waals surface area contributed by atoms with E-state index in [0.717, 1.165) is 32.1 Å². The molecular formula is C21H29N7O4S. The van der Waals surface area contributed by atoms with Gasteiger partial charge in [-0.15, -0.1) is 0 Å². The minimum Gasteiger partial charge on any atom is -0.353 e. The first-order valence-electron chi connectivity index (χ1n) is 10.7. The van der Waals surface area contributed by atoms with Gasteiger partial charge in [-0.2, -0.15) is 4.72 Å². The summed E-state index contributed by atoms with van der Waals surface area (Å²) in [6.07, 6.45) is 3.45. The van der Waals surface area contributed by atoms with Crippen LogP contribution in [0.25, 0.3) is 0 Å². The maximum absolute atomic E-state index is 12.5. The first-order valence-corrected chi connectivity index (χ1v) is 12.1. The van der Waals surface area contributed by atoms with Crippen molar-refractivity contribution in [2.24, 2.45) is 0 Å². The molecule has 0 unspecified atom stereocenters. The smallest absolute Gasteiger partial charge is 0.241 e. The molecule has 3 rings (SSSR count). The largest absolute Gasteiger partial charge is 0.353 e. The van der Waals surface area contributed by atoms with Gasteiger partial charge in [0.25, 0.3) is 0 Å². The Kier molecular flexibility index (Phi) is 8.31. The van der Waals surface area contributed by atoms with Crippen molar-refractivity contribution in [3.8, 4) is 0 Å². The molecule has 0 spiro atoms. The summed E-state index contributed by atoms with van der Waals surface area (Å²) in [4.78, 5) is 36.3. The third kappa shape index (κ3) is 7.20. The van der Waals surface area contributed by atoms with Gasteiger partial charge in [0.1, 0.15) is 0 Å². The minimum absolute atomic E-state index is 0.0107. The Morgan fingerprint density at radius 1 is 1.06 bits per heavy atom. The summed E-state index contributed by atoms with van der Waals surface area (Å²) in [5, 5.41) is 5.36. The van der Waals surface area contributed by atoms with Crippen molar-refractivity contribution in [3.05, 3.63) is 42.7 Å². The number of anilines is 2. The fourth-order valence-corrected chi connectivity index (χ4v) is 4.59. The number of hydrogen-bond donors (Lipinski definition) is 3. The molecule has 3 N–H and O–H groups in total. The Hall–Kier alpha value is -3.09. The molecule has 33 heavy (non-hydrogen) atoms. The lowest BCUT2D eigenvalue weighted by atomic mass is 10.3. The topological polar surface area (TPSA) is 137 Å². The second-order valence-electron chi connectivity index (χ2n) is 7.72. The van der Waals surface area contributed by atoms with Crippen molar-refractivity contribution in [2.45, 2.75) is 24.8 Å². The molecule has 1 fully saturated rings. The Morgan fingerprint density at radius 3 is 2.30 bits per heavy atom. The van der Waals surface area contributed by atoms with Gasteiger partial charge in [0, 0.05) is 64.3 Å². The zero-order valence-electron chi connectivity index (χ0n) is 18.7. The molecule has 2 aromatic rings. The van der Waals surface area contributed by atoms with Crippen LogP contribution in [-0.2, 0) is 19.6 Å². The van der Waals surface area contributed by atoms with E-state index in [4.69, 9.17) is 0 Å². The summed E-state index contributed by atoms with van der Waals surface area (Å²) in [5.74, 6) is 0.0715. The highest BCUT2D eigenvalue weighted by Crippen LogP contribution is 2.14. The van der Waals surface area contributed by atoms with E-state index in [1.807, 2.05) is 0 Å². The fourth-order valence-electron chi connectivity index (χ4n) is 3.39. The number of amides is 2. The molecule has 1 atom stereocenters. The Morgan fingerprint density at radius 2 is 1.70 bits per heavy atom.